The number of carboxylic acids is 4. The van der Waals surface area contributed by atoms with Gasteiger partial charge in [-0.2, -0.15) is 0 Å². The summed E-state index contributed by atoms with van der Waals surface area (Å²) < 4.78 is 0. The smallest absolute Gasteiger partial charge is 0.326 e. The summed E-state index contributed by atoms with van der Waals surface area (Å²) in [5.74, 6) is -5.46. The number of hydrogen-bond donors (Lipinski definition) is 6. The Morgan fingerprint density at radius 2 is 1.00 bits per heavy atom. The first-order chi connectivity index (χ1) is 10.1. The molecule has 0 spiro atoms. The van der Waals surface area contributed by atoms with Gasteiger partial charge < -0.3 is 31.1 Å². The molecule has 6 N–H and O–H groups in total. The van der Waals surface area contributed by atoms with Crippen molar-refractivity contribution >= 4 is 29.9 Å². The molecule has 124 valence electrons. The monoisotopic (exact) mass is 320 g/mol. The molecule has 2 amide bonds. The molecular weight excluding hydrogens is 304 g/mol. The molecular formula is C11H16N2O9. The fourth-order valence-electron chi connectivity index (χ4n) is 1.41. The van der Waals surface area contributed by atoms with Gasteiger partial charge in [-0.1, -0.05) is 0 Å². The molecule has 0 aliphatic heterocycles. The molecule has 0 aromatic heterocycles. The summed E-state index contributed by atoms with van der Waals surface area (Å²) in [6.07, 6.45) is -1.77. The van der Waals surface area contributed by atoms with Gasteiger partial charge >= 0.3 is 29.9 Å². The Labute approximate surface area is 123 Å². The molecule has 0 radical (unpaired) electrons. The molecule has 0 saturated heterocycles. The summed E-state index contributed by atoms with van der Waals surface area (Å²) in [6.45, 7) is 0. The Morgan fingerprint density at radius 3 is 1.23 bits per heavy atom. The summed E-state index contributed by atoms with van der Waals surface area (Å²) in [4.78, 5) is 54.0. The molecule has 0 aliphatic rings. The van der Waals surface area contributed by atoms with Crippen LogP contribution in [0.1, 0.15) is 25.7 Å². The number of nitrogens with one attached hydrogen (secondary N) is 2. The van der Waals surface area contributed by atoms with Crippen LogP contribution in [0.15, 0.2) is 0 Å². The summed E-state index contributed by atoms with van der Waals surface area (Å²) >= 11 is 0. The van der Waals surface area contributed by atoms with Gasteiger partial charge in [0.1, 0.15) is 12.1 Å². The molecule has 22 heavy (non-hydrogen) atoms. The van der Waals surface area contributed by atoms with Crippen molar-refractivity contribution < 1.29 is 44.4 Å². The van der Waals surface area contributed by atoms with Crippen LogP contribution in [0.2, 0.25) is 0 Å². The van der Waals surface area contributed by atoms with Crippen LogP contribution in [0.25, 0.3) is 0 Å². The Morgan fingerprint density at radius 1 is 0.682 bits per heavy atom. The minimum atomic E-state index is -1.51. The van der Waals surface area contributed by atoms with Crippen LogP contribution in [-0.2, 0) is 19.2 Å². The molecule has 0 aliphatic carbocycles. The van der Waals surface area contributed by atoms with Crippen LogP contribution in [0.4, 0.5) is 4.79 Å². The van der Waals surface area contributed by atoms with Gasteiger partial charge in [-0.15, -0.1) is 0 Å². The number of aliphatic carboxylic acids is 4. The van der Waals surface area contributed by atoms with E-state index in [1.165, 1.54) is 0 Å². The van der Waals surface area contributed by atoms with E-state index >= 15 is 0 Å². The zero-order valence-electron chi connectivity index (χ0n) is 11.3. The highest BCUT2D eigenvalue weighted by Crippen LogP contribution is 2.01. The Balaban J connectivity index is 4.57. The molecule has 0 heterocycles. The Bertz CT molecular complexity index is 422. The fraction of sp³-hybridized carbons (Fsp3) is 0.545. The van der Waals surface area contributed by atoms with Crippen molar-refractivity contribution in [2.75, 3.05) is 0 Å². The first-order valence-electron chi connectivity index (χ1n) is 6.09. The maximum absolute atomic E-state index is 11.5. The minimum Gasteiger partial charge on any atom is -0.481 e. The first kappa shape index (κ1) is 19.1. The summed E-state index contributed by atoms with van der Waals surface area (Å²) in [6, 6.07) is -4.16. The predicted octanol–water partition coefficient (Wildman–Crippen LogP) is -1.08. The number of carbonyl (C=O) groups excluding carboxylic acids is 1. The second kappa shape index (κ2) is 9.15. The van der Waals surface area contributed by atoms with E-state index < -0.39 is 54.8 Å². The number of carboxylic acid groups (broad SMARTS) is 4. The van der Waals surface area contributed by atoms with E-state index in [0.717, 1.165) is 0 Å². The number of carbonyl (C=O) groups is 5. The van der Waals surface area contributed by atoms with Crippen molar-refractivity contribution in [3.8, 4) is 0 Å². The van der Waals surface area contributed by atoms with E-state index in [4.69, 9.17) is 20.4 Å². The molecule has 0 saturated carbocycles. The van der Waals surface area contributed by atoms with Crippen LogP contribution >= 0.6 is 0 Å². The molecule has 0 aromatic carbocycles. The minimum absolute atomic E-state index is 0.384. The third-order valence-corrected chi connectivity index (χ3v) is 2.50. The average molecular weight is 320 g/mol. The van der Waals surface area contributed by atoms with Gasteiger partial charge in [-0.3, -0.25) is 9.59 Å². The van der Waals surface area contributed by atoms with Crippen LogP contribution in [0.3, 0.4) is 0 Å². The lowest BCUT2D eigenvalue weighted by Gasteiger charge is -2.17. The normalized spacial score (nSPS) is 12.7. The molecule has 11 nitrogen and oxygen atoms in total. The van der Waals surface area contributed by atoms with Gasteiger partial charge in [-0.05, 0) is 12.8 Å². The van der Waals surface area contributed by atoms with Gasteiger partial charge in [0.2, 0.25) is 0 Å². The predicted molar refractivity (Wildman–Crippen MR) is 68.3 cm³/mol. The van der Waals surface area contributed by atoms with E-state index in [2.05, 4.69) is 0 Å². The molecule has 0 rings (SSSR count). The third-order valence-electron chi connectivity index (χ3n) is 2.50. The van der Waals surface area contributed by atoms with Crippen molar-refractivity contribution in [3.63, 3.8) is 0 Å². The van der Waals surface area contributed by atoms with Crippen LogP contribution in [0.5, 0.6) is 0 Å². The van der Waals surface area contributed by atoms with E-state index in [1.807, 2.05) is 10.6 Å². The van der Waals surface area contributed by atoms with Crippen LogP contribution in [0, 0.1) is 0 Å². The topological polar surface area (TPSA) is 190 Å². The van der Waals surface area contributed by atoms with E-state index in [-0.39, 0.29) is 12.8 Å². The largest absolute Gasteiger partial charge is 0.481 e. The molecule has 0 unspecified atom stereocenters. The fourth-order valence-corrected chi connectivity index (χ4v) is 1.41. The number of urea groups is 1. The molecule has 2 atom stereocenters. The highest BCUT2D eigenvalue weighted by atomic mass is 16.4. The van der Waals surface area contributed by atoms with E-state index in [9.17, 15) is 24.0 Å². The summed E-state index contributed by atoms with van der Waals surface area (Å²) in [5, 5.41) is 38.4. The zero-order valence-corrected chi connectivity index (χ0v) is 11.3. The number of rotatable bonds is 10. The van der Waals surface area contributed by atoms with Crippen molar-refractivity contribution in [2.24, 2.45) is 0 Å². The van der Waals surface area contributed by atoms with Gasteiger partial charge in [0.15, 0.2) is 0 Å². The molecule has 0 aromatic rings. The molecule has 11 heteroatoms. The lowest BCUT2D eigenvalue weighted by atomic mass is 10.1. The quantitative estimate of drug-likeness (QED) is 0.290. The van der Waals surface area contributed by atoms with Crippen molar-refractivity contribution in [2.45, 2.75) is 37.8 Å². The third kappa shape index (κ3) is 8.35. The van der Waals surface area contributed by atoms with Crippen molar-refractivity contribution in [3.05, 3.63) is 0 Å². The zero-order chi connectivity index (χ0) is 17.3. The maximum atomic E-state index is 11.5. The van der Waals surface area contributed by atoms with Gasteiger partial charge in [0.05, 0.1) is 0 Å². The lowest BCUT2D eigenvalue weighted by molar-refractivity contribution is -0.141. The lowest BCUT2D eigenvalue weighted by Crippen LogP contribution is -2.51. The highest BCUT2D eigenvalue weighted by Gasteiger charge is 2.25. The SMILES string of the molecule is O=C(O)CC[C@H](NC(=O)N[C@@H](CCC(=O)O)C(=O)O)C(=O)O. The van der Waals surface area contributed by atoms with Crippen LogP contribution in [-0.4, -0.2) is 62.4 Å². The van der Waals surface area contributed by atoms with E-state index in [0.29, 0.717) is 0 Å². The highest BCUT2D eigenvalue weighted by molar-refractivity contribution is 5.86. The summed E-state index contributed by atoms with van der Waals surface area (Å²) in [5.41, 5.74) is 0. The average Bonchev–Trinajstić information content (AvgIpc) is 2.38. The standard InChI is InChI=1S/C11H16N2O9/c14-7(15)3-1-5(9(18)19)12-11(22)13-6(10(20)21)2-4-8(16)17/h5-6H,1-4H2,(H,14,15)(H,16,17)(H,18,19)(H,20,21)(H2,12,13,22)/t5-,6-/m0/s1. The molecule has 0 bridgehead atoms. The number of amides is 2. The van der Waals surface area contributed by atoms with Crippen molar-refractivity contribution in [1.29, 1.82) is 0 Å². The van der Waals surface area contributed by atoms with Crippen molar-refractivity contribution in [1.82, 2.24) is 10.6 Å². The van der Waals surface area contributed by atoms with Gasteiger partial charge in [0.25, 0.3) is 0 Å². The van der Waals surface area contributed by atoms with Crippen LogP contribution < -0.4 is 10.6 Å². The maximum Gasteiger partial charge on any atom is 0.326 e. The number of hydrogen-bond acceptors (Lipinski definition) is 5. The Hall–Kier alpha value is -2.85. The second-order valence-electron chi connectivity index (χ2n) is 4.26. The van der Waals surface area contributed by atoms with Gasteiger partial charge in [0, 0.05) is 12.8 Å². The van der Waals surface area contributed by atoms with E-state index in [1.54, 1.807) is 0 Å². The first-order valence-corrected chi connectivity index (χ1v) is 6.09. The Kier molecular flexibility index (Phi) is 7.97. The van der Waals surface area contributed by atoms with Gasteiger partial charge in [-0.25, -0.2) is 14.4 Å². The molecule has 0 fully saturated rings. The second-order valence-corrected chi connectivity index (χ2v) is 4.26. The summed E-state index contributed by atoms with van der Waals surface area (Å²) in [7, 11) is 0.